The summed E-state index contributed by atoms with van der Waals surface area (Å²) in [6, 6.07) is 10.9. The molecule has 1 saturated heterocycles. The Morgan fingerprint density at radius 2 is 1.88 bits per heavy atom. The number of aromatic nitrogens is 1. The van der Waals surface area contributed by atoms with Crippen molar-refractivity contribution in [2.24, 2.45) is 0 Å². The Morgan fingerprint density at radius 1 is 1.19 bits per heavy atom. The van der Waals surface area contributed by atoms with Crippen molar-refractivity contribution in [2.75, 3.05) is 25.1 Å². The molecule has 2 aromatic rings. The second-order valence-electron chi connectivity index (χ2n) is 7.04. The van der Waals surface area contributed by atoms with Crippen LogP contribution in [0.5, 0.6) is 5.75 Å². The van der Waals surface area contributed by atoms with Gasteiger partial charge in [0.2, 0.25) is 5.91 Å². The van der Waals surface area contributed by atoms with E-state index in [4.69, 9.17) is 4.74 Å². The zero-order valence-electron chi connectivity index (χ0n) is 15.5. The first kappa shape index (κ1) is 17.9. The van der Waals surface area contributed by atoms with Crippen LogP contribution in [0.2, 0.25) is 0 Å². The monoisotopic (exact) mass is 353 g/mol. The van der Waals surface area contributed by atoms with Crippen LogP contribution in [0, 0.1) is 6.92 Å². The number of amides is 2. The van der Waals surface area contributed by atoms with Crippen LogP contribution in [0.4, 0.5) is 5.69 Å². The minimum Gasteiger partial charge on any atom is -0.497 e. The number of hydrogen-bond acceptors (Lipinski definition) is 4. The highest BCUT2D eigenvalue weighted by molar-refractivity contribution is 6.03. The van der Waals surface area contributed by atoms with Gasteiger partial charge in [0.05, 0.1) is 18.2 Å². The fourth-order valence-electron chi connectivity index (χ4n) is 3.41. The van der Waals surface area contributed by atoms with E-state index in [1.54, 1.807) is 42.2 Å². The molecule has 26 heavy (non-hydrogen) atoms. The lowest BCUT2D eigenvalue weighted by Gasteiger charge is -2.46. The number of ether oxygens (including phenoxy) is 1. The average molecular weight is 353 g/mol. The van der Waals surface area contributed by atoms with Gasteiger partial charge in [-0.2, -0.15) is 0 Å². The maximum absolute atomic E-state index is 12.9. The third kappa shape index (κ3) is 3.27. The number of anilines is 1. The molecule has 0 N–H and O–H groups in total. The van der Waals surface area contributed by atoms with Gasteiger partial charge in [0.25, 0.3) is 5.91 Å². The van der Waals surface area contributed by atoms with Gasteiger partial charge in [0.1, 0.15) is 12.3 Å². The first-order valence-electron chi connectivity index (χ1n) is 8.51. The maximum Gasteiger partial charge on any atom is 0.256 e. The number of carbonyl (C=O) groups is 2. The summed E-state index contributed by atoms with van der Waals surface area (Å²) < 4.78 is 5.18. The van der Waals surface area contributed by atoms with E-state index in [9.17, 15) is 9.59 Å². The van der Waals surface area contributed by atoms with E-state index in [0.717, 1.165) is 11.4 Å². The van der Waals surface area contributed by atoms with E-state index in [0.29, 0.717) is 17.8 Å². The van der Waals surface area contributed by atoms with E-state index >= 15 is 0 Å². The molecule has 1 aromatic carbocycles. The zero-order chi connectivity index (χ0) is 18.9. The Kier molecular flexibility index (Phi) is 4.68. The molecule has 6 nitrogen and oxygen atoms in total. The van der Waals surface area contributed by atoms with Gasteiger partial charge < -0.3 is 14.5 Å². The number of benzene rings is 1. The number of aryl methyl sites for hydroxylation is 1. The molecule has 0 saturated carbocycles. The number of nitrogens with zero attached hydrogens (tertiary/aromatic N) is 3. The molecule has 6 heteroatoms. The predicted molar refractivity (Wildman–Crippen MR) is 99.4 cm³/mol. The molecule has 2 amide bonds. The second-order valence-corrected chi connectivity index (χ2v) is 7.04. The smallest absolute Gasteiger partial charge is 0.256 e. The van der Waals surface area contributed by atoms with Crippen molar-refractivity contribution in [3.05, 3.63) is 53.9 Å². The quantitative estimate of drug-likeness (QED) is 0.851. The molecule has 3 rings (SSSR count). The Morgan fingerprint density at radius 3 is 2.46 bits per heavy atom. The molecule has 0 aliphatic carbocycles. The minimum absolute atomic E-state index is 0.0443. The third-order valence-electron chi connectivity index (χ3n) is 4.61. The number of pyridine rings is 1. The predicted octanol–water partition coefficient (Wildman–Crippen LogP) is 2.67. The van der Waals surface area contributed by atoms with E-state index < -0.39 is 5.54 Å². The van der Waals surface area contributed by atoms with Crippen LogP contribution < -0.4 is 9.64 Å². The summed E-state index contributed by atoms with van der Waals surface area (Å²) in [5, 5.41) is 0. The van der Waals surface area contributed by atoms with Gasteiger partial charge in [-0.25, -0.2) is 0 Å². The molecule has 0 atom stereocenters. The summed E-state index contributed by atoms with van der Waals surface area (Å²) in [7, 11) is 1.61. The Bertz CT molecular complexity index is 830. The molecule has 0 radical (unpaired) electrons. The Balaban J connectivity index is 1.86. The van der Waals surface area contributed by atoms with Crippen molar-refractivity contribution in [2.45, 2.75) is 26.3 Å². The van der Waals surface area contributed by atoms with Crippen LogP contribution in [-0.4, -0.2) is 47.4 Å². The standard InChI is InChI=1S/C20H23N3O3/c1-14-17(6-5-11-21-14)19(25)22-12-18(24)23(20(2,3)13-22)15-7-9-16(26-4)10-8-15/h5-11H,12-13H2,1-4H3. The van der Waals surface area contributed by atoms with E-state index in [1.807, 2.05) is 38.1 Å². The molecule has 1 aromatic heterocycles. The van der Waals surface area contributed by atoms with Crippen molar-refractivity contribution in [1.29, 1.82) is 0 Å². The lowest BCUT2D eigenvalue weighted by molar-refractivity contribution is -0.122. The molecule has 0 spiro atoms. The molecule has 1 fully saturated rings. The van der Waals surface area contributed by atoms with Crippen LogP contribution in [0.1, 0.15) is 29.9 Å². The molecule has 1 aliphatic heterocycles. The molecule has 0 unspecified atom stereocenters. The van der Waals surface area contributed by atoms with Crippen LogP contribution in [0.25, 0.3) is 0 Å². The highest BCUT2D eigenvalue weighted by Gasteiger charge is 2.41. The molecule has 136 valence electrons. The Labute approximate surface area is 153 Å². The van der Waals surface area contributed by atoms with Gasteiger partial charge in [0.15, 0.2) is 0 Å². The fraction of sp³-hybridized carbons (Fsp3) is 0.350. The lowest BCUT2D eigenvalue weighted by atomic mass is 9.96. The number of piperazine rings is 1. The molecule has 1 aliphatic rings. The fourth-order valence-corrected chi connectivity index (χ4v) is 3.41. The zero-order valence-corrected chi connectivity index (χ0v) is 15.5. The van der Waals surface area contributed by atoms with Gasteiger partial charge in [-0.1, -0.05) is 0 Å². The van der Waals surface area contributed by atoms with Gasteiger partial charge >= 0.3 is 0 Å². The normalized spacial score (nSPS) is 16.5. The summed E-state index contributed by atoms with van der Waals surface area (Å²) >= 11 is 0. The van der Waals surface area contributed by atoms with Crippen LogP contribution in [0.3, 0.4) is 0 Å². The van der Waals surface area contributed by atoms with Gasteiger partial charge in [-0.05, 0) is 57.2 Å². The molecular formula is C20H23N3O3. The van der Waals surface area contributed by atoms with Crippen LogP contribution in [0.15, 0.2) is 42.6 Å². The summed E-state index contributed by atoms with van der Waals surface area (Å²) in [5.41, 5.74) is 1.47. The van der Waals surface area contributed by atoms with Crippen molar-refractivity contribution in [3.8, 4) is 5.75 Å². The topological polar surface area (TPSA) is 62.7 Å². The lowest BCUT2D eigenvalue weighted by Crippen LogP contribution is -2.63. The molecule has 0 bridgehead atoms. The van der Waals surface area contributed by atoms with Crippen LogP contribution >= 0.6 is 0 Å². The molecule has 2 heterocycles. The van der Waals surface area contributed by atoms with Crippen molar-refractivity contribution in [3.63, 3.8) is 0 Å². The summed E-state index contributed by atoms with van der Waals surface area (Å²) in [4.78, 5) is 33.3. The van der Waals surface area contributed by atoms with E-state index in [1.165, 1.54) is 0 Å². The number of rotatable bonds is 3. The summed E-state index contributed by atoms with van der Waals surface area (Å²) in [6.07, 6.45) is 1.66. The van der Waals surface area contributed by atoms with Crippen molar-refractivity contribution < 1.29 is 14.3 Å². The van der Waals surface area contributed by atoms with Crippen LogP contribution in [-0.2, 0) is 4.79 Å². The highest BCUT2D eigenvalue weighted by atomic mass is 16.5. The summed E-state index contributed by atoms with van der Waals surface area (Å²) in [5.74, 6) is 0.465. The first-order chi connectivity index (χ1) is 12.3. The highest BCUT2D eigenvalue weighted by Crippen LogP contribution is 2.30. The first-order valence-corrected chi connectivity index (χ1v) is 8.51. The van der Waals surface area contributed by atoms with Gasteiger partial charge in [0, 0.05) is 24.1 Å². The SMILES string of the molecule is COc1ccc(N2C(=O)CN(C(=O)c3cccnc3C)CC2(C)C)cc1. The number of hydrogen-bond donors (Lipinski definition) is 0. The third-order valence-corrected chi connectivity index (χ3v) is 4.61. The largest absolute Gasteiger partial charge is 0.497 e. The Hall–Kier alpha value is -2.89. The van der Waals surface area contributed by atoms with Gasteiger partial charge in [-0.3, -0.25) is 14.6 Å². The number of methoxy groups -OCH3 is 1. The second kappa shape index (κ2) is 6.78. The van der Waals surface area contributed by atoms with Crippen molar-refractivity contribution in [1.82, 2.24) is 9.88 Å². The van der Waals surface area contributed by atoms with E-state index in [2.05, 4.69) is 4.98 Å². The minimum atomic E-state index is -0.532. The van der Waals surface area contributed by atoms with Crippen molar-refractivity contribution >= 4 is 17.5 Å². The molecular weight excluding hydrogens is 330 g/mol. The number of carbonyl (C=O) groups excluding carboxylic acids is 2. The van der Waals surface area contributed by atoms with Gasteiger partial charge in [-0.15, -0.1) is 0 Å². The maximum atomic E-state index is 12.9. The average Bonchev–Trinajstić information content (AvgIpc) is 2.61. The summed E-state index contributed by atoms with van der Waals surface area (Å²) in [6.45, 7) is 6.21. The van der Waals surface area contributed by atoms with E-state index in [-0.39, 0.29) is 18.4 Å².